The predicted molar refractivity (Wildman–Crippen MR) is 96.0 cm³/mol. The summed E-state index contributed by atoms with van der Waals surface area (Å²) in [5, 5.41) is 2.85. The van der Waals surface area contributed by atoms with E-state index < -0.39 is 23.5 Å². The third-order valence-corrected chi connectivity index (χ3v) is 5.37. The maximum atomic E-state index is 14.3. The van der Waals surface area contributed by atoms with Crippen LogP contribution in [0.5, 0.6) is 0 Å². The lowest BCUT2D eigenvalue weighted by molar-refractivity contribution is -0.128. The fourth-order valence-electron chi connectivity index (χ4n) is 4.14. The van der Waals surface area contributed by atoms with E-state index in [1.807, 2.05) is 6.92 Å². The molecule has 0 bridgehead atoms. The predicted octanol–water partition coefficient (Wildman–Crippen LogP) is 3.10. The average molecular weight is 362 g/mol. The molecule has 142 valence electrons. The Bertz CT molecular complexity index is 681. The first kappa shape index (κ1) is 18.8. The highest BCUT2D eigenvalue weighted by Gasteiger charge is 2.54. The van der Waals surface area contributed by atoms with Crippen molar-refractivity contribution in [1.82, 2.24) is 10.2 Å². The van der Waals surface area contributed by atoms with Crippen molar-refractivity contribution in [1.29, 1.82) is 0 Å². The third-order valence-electron chi connectivity index (χ3n) is 5.37. The van der Waals surface area contributed by atoms with Crippen molar-refractivity contribution in [3.63, 3.8) is 0 Å². The van der Waals surface area contributed by atoms with Gasteiger partial charge in [0.1, 0.15) is 17.6 Å². The molecule has 0 aromatic heterocycles. The summed E-state index contributed by atoms with van der Waals surface area (Å²) in [6.45, 7) is 4.79. The highest BCUT2D eigenvalue weighted by molar-refractivity contribution is 5.98. The van der Waals surface area contributed by atoms with Gasteiger partial charge in [-0.2, -0.15) is 0 Å². The largest absolute Gasteiger partial charge is 0.354 e. The maximum absolute atomic E-state index is 14.3. The van der Waals surface area contributed by atoms with Crippen LogP contribution in [0.3, 0.4) is 0 Å². The van der Waals surface area contributed by atoms with E-state index in [4.69, 9.17) is 4.74 Å². The molecule has 1 spiro atoms. The number of carbonyl (C=O) groups is 2. The van der Waals surface area contributed by atoms with Gasteiger partial charge < -0.3 is 10.1 Å². The lowest BCUT2D eigenvalue weighted by Gasteiger charge is -2.43. The number of rotatable bonds is 4. The molecule has 1 saturated heterocycles. The fraction of sp³-hybridized carbons (Fsp3) is 0.600. The van der Waals surface area contributed by atoms with E-state index >= 15 is 0 Å². The van der Waals surface area contributed by atoms with Gasteiger partial charge in [-0.1, -0.05) is 32.4 Å². The zero-order valence-corrected chi connectivity index (χ0v) is 15.5. The minimum atomic E-state index is -0.814. The second-order valence-electron chi connectivity index (χ2n) is 7.42. The standard InChI is InChI=1S/C20H27FN2O3/c1-3-11-22-18(24)17-13-26-20(10-6-7-14(2)12-20)23(17)19(25)15-8-4-5-9-16(15)21/h4-5,8-9,14,17H,3,6-7,10-13H2,1-2H3,(H,22,24)/t14-,17-,20-/m0/s1. The number of benzene rings is 1. The van der Waals surface area contributed by atoms with Crippen LogP contribution in [0.4, 0.5) is 4.39 Å². The maximum Gasteiger partial charge on any atom is 0.259 e. The van der Waals surface area contributed by atoms with Gasteiger partial charge in [0, 0.05) is 6.54 Å². The van der Waals surface area contributed by atoms with Crippen LogP contribution >= 0.6 is 0 Å². The minimum absolute atomic E-state index is 0.0103. The van der Waals surface area contributed by atoms with Gasteiger partial charge in [-0.05, 0) is 43.7 Å². The summed E-state index contributed by atoms with van der Waals surface area (Å²) >= 11 is 0. The Morgan fingerprint density at radius 2 is 2.15 bits per heavy atom. The molecule has 2 fully saturated rings. The Hall–Kier alpha value is -1.95. The van der Waals surface area contributed by atoms with Crippen molar-refractivity contribution in [3.8, 4) is 0 Å². The van der Waals surface area contributed by atoms with Crippen molar-refractivity contribution in [2.75, 3.05) is 13.2 Å². The van der Waals surface area contributed by atoms with Gasteiger partial charge in [0.2, 0.25) is 5.91 Å². The van der Waals surface area contributed by atoms with E-state index in [1.165, 1.54) is 17.0 Å². The van der Waals surface area contributed by atoms with Gasteiger partial charge in [-0.25, -0.2) is 4.39 Å². The second-order valence-corrected chi connectivity index (χ2v) is 7.42. The van der Waals surface area contributed by atoms with Gasteiger partial charge >= 0.3 is 0 Å². The number of halogens is 1. The highest BCUT2D eigenvalue weighted by atomic mass is 19.1. The molecule has 1 saturated carbocycles. The van der Waals surface area contributed by atoms with Crippen molar-refractivity contribution < 1.29 is 18.7 Å². The Labute approximate surface area is 153 Å². The van der Waals surface area contributed by atoms with Crippen LogP contribution in [0.2, 0.25) is 0 Å². The van der Waals surface area contributed by atoms with E-state index in [2.05, 4.69) is 12.2 Å². The van der Waals surface area contributed by atoms with Gasteiger partial charge in [0.15, 0.2) is 0 Å². The molecule has 1 aliphatic heterocycles. The number of nitrogens with one attached hydrogen (secondary N) is 1. The molecule has 6 heteroatoms. The average Bonchev–Trinajstić information content (AvgIpc) is 2.97. The smallest absolute Gasteiger partial charge is 0.259 e. The van der Waals surface area contributed by atoms with Crippen molar-refractivity contribution >= 4 is 11.8 Å². The van der Waals surface area contributed by atoms with Gasteiger partial charge in [0.25, 0.3) is 5.91 Å². The first-order chi connectivity index (χ1) is 12.5. The van der Waals surface area contributed by atoms with Crippen LogP contribution in [0, 0.1) is 11.7 Å². The molecule has 1 heterocycles. The van der Waals surface area contributed by atoms with E-state index in [1.54, 1.807) is 12.1 Å². The van der Waals surface area contributed by atoms with Crippen molar-refractivity contribution in [2.45, 2.75) is 57.7 Å². The van der Waals surface area contributed by atoms with E-state index in [0.717, 1.165) is 19.3 Å². The Balaban J connectivity index is 1.95. The molecule has 0 radical (unpaired) electrons. The summed E-state index contributed by atoms with van der Waals surface area (Å²) in [7, 11) is 0. The molecule has 3 atom stereocenters. The summed E-state index contributed by atoms with van der Waals surface area (Å²) in [5.41, 5.74) is -0.825. The number of carbonyl (C=O) groups excluding carboxylic acids is 2. The molecule has 2 amide bonds. The molecule has 1 aromatic rings. The molecular formula is C20H27FN2O3. The molecular weight excluding hydrogens is 335 g/mol. The van der Waals surface area contributed by atoms with Gasteiger partial charge in [0.05, 0.1) is 12.2 Å². The minimum Gasteiger partial charge on any atom is -0.354 e. The molecule has 0 unspecified atom stereocenters. The van der Waals surface area contributed by atoms with Crippen molar-refractivity contribution in [3.05, 3.63) is 35.6 Å². The zero-order valence-electron chi connectivity index (χ0n) is 15.5. The van der Waals surface area contributed by atoms with E-state index in [9.17, 15) is 14.0 Å². The van der Waals surface area contributed by atoms with Crippen LogP contribution in [0.25, 0.3) is 0 Å². The van der Waals surface area contributed by atoms with E-state index in [-0.39, 0.29) is 18.1 Å². The number of hydrogen-bond donors (Lipinski definition) is 1. The SMILES string of the molecule is CCCNC(=O)[C@@H]1CO[C@]2(CCC[C@H](C)C2)N1C(=O)c1ccccc1F. The fourth-order valence-corrected chi connectivity index (χ4v) is 4.14. The molecule has 5 nitrogen and oxygen atoms in total. The first-order valence-corrected chi connectivity index (χ1v) is 9.48. The van der Waals surface area contributed by atoms with Crippen LogP contribution in [-0.4, -0.2) is 41.6 Å². The Kier molecular flexibility index (Phi) is 5.61. The molecule has 3 rings (SSSR count). The van der Waals surface area contributed by atoms with Crippen molar-refractivity contribution in [2.24, 2.45) is 5.92 Å². The zero-order chi connectivity index (χ0) is 18.7. The summed E-state index contributed by atoms with van der Waals surface area (Å²) in [5.74, 6) is -0.883. The first-order valence-electron chi connectivity index (χ1n) is 9.48. The van der Waals surface area contributed by atoms with Crippen LogP contribution < -0.4 is 5.32 Å². The Morgan fingerprint density at radius 3 is 2.85 bits per heavy atom. The summed E-state index contributed by atoms with van der Waals surface area (Å²) in [4.78, 5) is 27.4. The third kappa shape index (κ3) is 3.47. The normalized spacial score (nSPS) is 28.3. The van der Waals surface area contributed by atoms with Crippen LogP contribution in [-0.2, 0) is 9.53 Å². The highest BCUT2D eigenvalue weighted by Crippen LogP contribution is 2.43. The molecule has 1 aliphatic carbocycles. The topological polar surface area (TPSA) is 58.6 Å². The lowest BCUT2D eigenvalue weighted by atomic mass is 9.83. The lowest BCUT2D eigenvalue weighted by Crippen LogP contribution is -2.57. The molecule has 2 aliphatic rings. The summed E-state index contributed by atoms with van der Waals surface area (Å²) in [6.07, 6.45) is 4.15. The quantitative estimate of drug-likeness (QED) is 0.895. The molecule has 1 aromatic carbocycles. The van der Waals surface area contributed by atoms with Crippen LogP contribution in [0.1, 0.15) is 56.3 Å². The second kappa shape index (κ2) is 7.74. The monoisotopic (exact) mass is 362 g/mol. The van der Waals surface area contributed by atoms with Crippen LogP contribution in [0.15, 0.2) is 24.3 Å². The van der Waals surface area contributed by atoms with E-state index in [0.29, 0.717) is 25.3 Å². The Morgan fingerprint density at radius 1 is 1.38 bits per heavy atom. The molecule has 26 heavy (non-hydrogen) atoms. The number of amides is 2. The number of ether oxygens (including phenoxy) is 1. The number of hydrogen-bond acceptors (Lipinski definition) is 3. The van der Waals surface area contributed by atoms with Gasteiger partial charge in [-0.3, -0.25) is 14.5 Å². The van der Waals surface area contributed by atoms with Gasteiger partial charge in [-0.15, -0.1) is 0 Å². The summed E-state index contributed by atoms with van der Waals surface area (Å²) in [6, 6.07) is 5.20. The number of nitrogens with zero attached hydrogens (tertiary/aromatic N) is 1. The summed E-state index contributed by atoms with van der Waals surface area (Å²) < 4.78 is 20.4. The molecule has 1 N–H and O–H groups in total.